The van der Waals surface area contributed by atoms with Crippen LogP contribution in [0.3, 0.4) is 0 Å². The maximum absolute atomic E-state index is 14.5. The smallest absolute Gasteiger partial charge is 0.408 e. The minimum Gasteiger partial charge on any atom is -0.489 e. The molecule has 0 aliphatic heterocycles. The lowest BCUT2D eigenvalue weighted by molar-refractivity contribution is -0.142. The number of fused-ring (bicyclic) bond motifs is 1. The average Bonchev–Trinajstić information content (AvgIpc) is 3.63. The zero-order chi connectivity index (χ0) is 43.2. The molecule has 14 nitrogen and oxygen atoms in total. The molecule has 0 fully saturated rings. The molecule has 0 bridgehead atoms. The van der Waals surface area contributed by atoms with Crippen molar-refractivity contribution in [2.45, 2.75) is 83.5 Å². The van der Waals surface area contributed by atoms with E-state index in [4.69, 9.17) is 15.6 Å². The van der Waals surface area contributed by atoms with Crippen molar-refractivity contribution >= 4 is 40.7 Å². The second-order valence-electron chi connectivity index (χ2n) is 15.0. The monoisotopic (exact) mass is 806 g/mol. The Morgan fingerprint density at radius 1 is 0.695 bits per heavy atom. The number of rotatable bonds is 19. The van der Waals surface area contributed by atoms with Gasteiger partial charge in [0.15, 0.2) is 1.41 Å². The van der Waals surface area contributed by atoms with Crippen LogP contribution in [0.2, 0.25) is 1.41 Å². The molecule has 0 saturated heterocycles. The number of amides is 4. The van der Waals surface area contributed by atoms with Gasteiger partial charge in [0, 0.05) is 29.9 Å². The Hall–Kier alpha value is -6.67. The van der Waals surface area contributed by atoms with Gasteiger partial charge in [-0.15, -0.1) is 0 Å². The van der Waals surface area contributed by atoms with Gasteiger partial charge in [0.2, 0.25) is 17.7 Å². The van der Waals surface area contributed by atoms with Crippen LogP contribution in [-0.2, 0) is 54.7 Å². The molecule has 5 rings (SSSR count). The van der Waals surface area contributed by atoms with Crippen LogP contribution in [0.5, 0.6) is 5.75 Å². The number of alkyl carbamates (subject to hydrolysis) is 1. The van der Waals surface area contributed by atoms with Gasteiger partial charge in [-0.05, 0) is 68.1 Å². The molecule has 5 aromatic rings. The Morgan fingerprint density at radius 2 is 1.29 bits per heavy atom. The second-order valence-corrected chi connectivity index (χ2v) is 15.0. The number of benzene rings is 4. The topological polar surface area (TPSA) is 197 Å². The summed E-state index contributed by atoms with van der Waals surface area (Å²) in [7, 11) is 0. The molecule has 4 aromatic carbocycles. The molecule has 0 saturated carbocycles. The van der Waals surface area contributed by atoms with Gasteiger partial charge in [-0.25, -0.2) is 4.79 Å². The van der Waals surface area contributed by atoms with Gasteiger partial charge in [-0.2, -0.15) is 0 Å². The highest BCUT2D eigenvalue weighted by molar-refractivity contribution is 5.95. The Balaban J connectivity index is 1.43. The predicted octanol–water partition coefficient (Wildman–Crippen LogP) is 5.20. The van der Waals surface area contributed by atoms with Crippen LogP contribution in [0.1, 0.15) is 49.9 Å². The number of carboxylic acid groups (broad SMARTS) is 1. The van der Waals surface area contributed by atoms with Crippen LogP contribution in [0.15, 0.2) is 115 Å². The third-order valence-electron chi connectivity index (χ3n) is 9.03. The van der Waals surface area contributed by atoms with E-state index in [1.54, 1.807) is 75.5 Å². The zero-order valence-electron chi connectivity index (χ0n) is 34.5. The first-order valence-electron chi connectivity index (χ1n) is 19.7. The highest BCUT2D eigenvalue weighted by Crippen LogP contribution is 2.20. The van der Waals surface area contributed by atoms with Crippen molar-refractivity contribution in [1.29, 1.82) is 0 Å². The average molecular weight is 807 g/mol. The number of carboxylic acids is 1. The summed E-state index contributed by atoms with van der Waals surface area (Å²) in [5.74, 6) is -3.48. The number of H-pyrrole nitrogens is 1. The van der Waals surface area contributed by atoms with E-state index < -0.39 is 66.2 Å². The molecule has 0 aliphatic carbocycles. The van der Waals surface area contributed by atoms with Gasteiger partial charge >= 0.3 is 12.1 Å². The zero-order valence-corrected chi connectivity index (χ0v) is 33.5. The molecule has 6 N–H and O–H groups in total. The third-order valence-corrected chi connectivity index (χ3v) is 9.03. The molecule has 4 atom stereocenters. The van der Waals surface area contributed by atoms with E-state index in [0.717, 1.165) is 22.0 Å². The van der Waals surface area contributed by atoms with Crippen molar-refractivity contribution in [2.24, 2.45) is 0 Å². The summed E-state index contributed by atoms with van der Waals surface area (Å²) in [5.41, 5.74) is 2.94. The summed E-state index contributed by atoms with van der Waals surface area (Å²) >= 11 is 0. The van der Waals surface area contributed by atoms with Crippen molar-refractivity contribution in [3.63, 3.8) is 0 Å². The van der Waals surface area contributed by atoms with Gasteiger partial charge in [0.1, 0.15) is 42.1 Å². The van der Waals surface area contributed by atoms with Gasteiger partial charge < -0.3 is 45.6 Å². The van der Waals surface area contributed by atoms with Gasteiger partial charge in [0.05, 0.1) is 13.2 Å². The minimum atomic E-state index is -1.63. The molecule has 0 spiro atoms. The maximum Gasteiger partial charge on any atom is 0.408 e. The Bertz CT molecular complexity index is 2210. The van der Waals surface area contributed by atoms with Crippen LogP contribution in [0, 0.1) is 0 Å². The maximum atomic E-state index is 14.5. The molecule has 1 aromatic heterocycles. The highest BCUT2D eigenvalue weighted by atomic mass is 16.6. The fraction of sp³-hybridized carbons (Fsp3) is 0.311. The predicted molar refractivity (Wildman–Crippen MR) is 221 cm³/mol. The van der Waals surface area contributed by atoms with E-state index in [-0.39, 0.29) is 19.4 Å². The van der Waals surface area contributed by atoms with Crippen molar-refractivity contribution in [1.82, 2.24) is 26.2 Å². The number of nitrogens with one attached hydrogen (secondary N) is 5. The number of aliphatic carboxylic acids is 1. The number of carbonyl (C=O) groups excluding carboxylic acids is 4. The first kappa shape index (κ1) is 41.9. The number of para-hydroxylation sites is 1. The first-order chi connectivity index (χ1) is 28.7. The molecule has 0 radical (unpaired) electrons. The molecule has 1 heterocycles. The number of aromatic amines is 1. The molecule has 14 heteroatoms. The second kappa shape index (κ2) is 20.7. The van der Waals surface area contributed by atoms with Crippen LogP contribution >= 0.6 is 0 Å². The first-order valence-corrected chi connectivity index (χ1v) is 19.2. The van der Waals surface area contributed by atoms with Crippen molar-refractivity contribution in [3.05, 3.63) is 138 Å². The summed E-state index contributed by atoms with van der Waals surface area (Å²) in [6, 6.07) is 27.2. The van der Waals surface area contributed by atoms with E-state index >= 15 is 0 Å². The quantitative estimate of drug-likeness (QED) is 0.0650. The number of carbonyl (C=O) groups is 5. The van der Waals surface area contributed by atoms with E-state index in [1.165, 1.54) is 6.92 Å². The fourth-order valence-electron chi connectivity index (χ4n) is 6.00. The summed E-state index contributed by atoms with van der Waals surface area (Å²) < 4.78 is 26.2. The van der Waals surface area contributed by atoms with Crippen molar-refractivity contribution < 1.29 is 44.7 Å². The van der Waals surface area contributed by atoms with Crippen LogP contribution < -0.4 is 26.0 Å². The minimum absolute atomic E-state index is 0.000523. The third kappa shape index (κ3) is 13.7. The van der Waals surface area contributed by atoms with Crippen LogP contribution in [0.4, 0.5) is 4.79 Å². The molecule has 0 aliphatic rings. The molecule has 0 unspecified atom stereocenters. The number of ether oxygens (including phenoxy) is 3. The van der Waals surface area contributed by atoms with Crippen LogP contribution in [-0.4, -0.2) is 76.2 Å². The Kier molecular flexibility index (Phi) is 14.7. The van der Waals surface area contributed by atoms with Gasteiger partial charge in [0.25, 0.3) is 0 Å². The lowest BCUT2D eigenvalue weighted by Crippen LogP contribution is -2.59. The lowest BCUT2D eigenvalue weighted by atomic mass is 10.0. The number of hydrogen-bond acceptors (Lipinski definition) is 8. The molecular formula is C45H51N5O9. The molecule has 59 heavy (non-hydrogen) atoms. The standard InChI is InChI=1S/C45H51N5O9/c1-29(43(54)55)47-42(53)39(28-57-26-31-13-7-5-8-14-31)49-40(51)37(23-30-19-21-34(22-20-30)58-27-32-15-9-6-10-16-32)48-41(52)38(50-44(56)59-45(2,3)4)24-33-25-46-36-18-12-11-17-35(33)36/h5-22,25,29,37-39,46H,23-24,26-28H2,1-4H3,(H,47,53)(H,48,52)(H,49,51)(H,50,56)(H,54,55)/t29-,37-,38-,39-/m0/s1/i/hD. The Labute approximate surface area is 344 Å². The molecular weight excluding hydrogens is 755 g/mol. The van der Waals surface area contributed by atoms with E-state index in [1.807, 2.05) is 60.7 Å². The van der Waals surface area contributed by atoms with E-state index in [2.05, 4.69) is 20.9 Å². The van der Waals surface area contributed by atoms with E-state index in [0.29, 0.717) is 28.8 Å². The summed E-state index contributed by atoms with van der Waals surface area (Å²) in [6.07, 6.45) is 0.724. The number of hydrogen-bond donors (Lipinski definition) is 6. The fourth-order valence-corrected chi connectivity index (χ4v) is 6.00. The highest BCUT2D eigenvalue weighted by Gasteiger charge is 2.32. The van der Waals surface area contributed by atoms with Crippen molar-refractivity contribution in [3.8, 4) is 5.75 Å². The van der Waals surface area contributed by atoms with E-state index in [9.17, 15) is 29.1 Å². The number of aromatic nitrogens is 1. The molecule has 310 valence electrons. The normalized spacial score (nSPS) is 13.5. The lowest BCUT2D eigenvalue weighted by Gasteiger charge is -2.27. The summed E-state index contributed by atoms with van der Waals surface area (Å²) in [4.78, 5) is 70.3. The largest absolute Gasteiger partial charge is 0.489 e. The summed E-state index contributed by atoms with van der Waals surface area (Å²) in [6.45, 7) is 6.19. The summed E-state index contributed by atoms with van der Waals surface area (Å²) in [5, 5.41) is 18.4. The SMILES string of the molecule is [2H]N(C(=O)[C@H](Cc1ccc(OCc2ccccc2)cc1)NC(=O)[C@H](Cc1c[nH]c2ccccc12)NC(=O)OC(C)(C)C)[C@@H](COCc1ccccc1)C(=O)N[C@@H](C)C(=O)O. The van der Waals surface area contributed by atoms with Crippen molar-refractivity contribution in [2.75, 3.05) is 6.61 Å². The van der Waals surface area contributed by atoms with Crippen LogP contribution in [0.25, 0.3) is 10.9 Å². The molecule has 4 amide bonds. The Morgan fingerprint density at radius 3 is 1.93 bits per heavy atom. The van der Waals surface area contributed by atoms with Gasteiger partial charge in [-0.3, -0.25) is 19.2 Å². The van der Waals surface area contributed by atoms with Gasteiger partial charge in [-0.1, -0.05) is 91.0 Å².